The van der Waals surface area contributed by atoms with Crippen LogP contribution in [0.25, 0.3) is 0 Å². The molecule has 10 heteroatoms. The molecule has 0 saturated carbocycles. The molecule has 0 aromatic rings. The zero-order chi connectivity index (χ0) is 23.8. The van der Waals surface area contributed by atoms with Crippen LogP contribution in [0.2, 0.25) is 0 Å². The predicted octanol–water partition coefficient (Wildman–Crippen LogP) is 1.84. The molecular formula is C22H37NO9. The van der Waals surface area contributed by atoms with Gasteiger partial charge >= 0.3 is 5.97 Å². The molecule has 0 atom stereocenters. The van der Waals surface area contributed by atoms with Crippen LogP contribution in [0.1, 0.15) is 59.3 Å². The van der Waals surface area contributed by atoms with Crippen LogP contribution in [-0.2, 0) is 43.0 Å². The average Bonchev–Trinajstić information content (AvgIpc) is 3.09. The molecule has 10 nitrogen and oxygen atoms in total. The lowest BCUT2D eigenvalue weighted by molar-refractivity contribution is -0.197. The minimum Gasteiger partial charge on any atom is -0.381 e. The number of imide groups is 1. The molecule has 0 radical (unpaired) electrons. The Labute approximate surface area is 189 Å². The largest absolute Gasteiger partial charge is 0.381 e. The van der Waals surface area contributed by atoms with E-state index in [0.29, 0.717) is 57.7 Å². The van der Waals surface area contributed by atoms with Crippen molar-refractivity contribution in [2.24, 2.45) is 5.41 Å². The molecule has 1 saturated heterocycles. The van der Waals surface area contributed by atoms with Crippen LogP contribution in [-0.4, -0.2) is 81.5 Å². The van der Waals surface area contributed by atoms with Gasteiger partial charge in [-0.05, 0) is 33.6 Å². The van der Waals surface area contributed by atoms with E-state index >= 15 is 0 Å². The van der Waals surface area contributed by atoms with Gasteiger partial charge < -0.3 is 23.8 Å². The van der Waals surface area contributed by atoms with Gasteiger partial charge in [-0.15, -0.1) is 5.06 Å². The predicted molar refractivity (Wildman–Crippen MR) is 113 cm³/mol. The van der Waals surface area contributed by atoms with E-state index in [1.54, 1.807) is 0 Å². The number of hydrogen-bond donors (Lipinski definition) is 0. The van der Waals surface area contributed by atoms with E-state index in [0.717, 1.165) is 0 Å². The number of carbonyl (C=O) groups excluding carboxylic acids is 4. The van der Waals surface area contributed by atoms with Gasteiger partial charge in [-0.1, -0.05) is 0 Å². The molecule has 0 aromatic carbocycles. The van der Waals surface area contributed by atoms with Crippen molar-refractivity contribution in [3.05, 3.63) is 0 Å². The third kappa shape index (κ3) is 10.6. The Hall–Kier alpha value is -1.88. The van der Waals surface area contributed by atoms with Gasteiger partial charge in [0.25, 0.3) is 11.8 Å². The van der Waals surface area contributed by atoms with E-state index in [4.69, 9.17) is 23.8 Å². The molecule has 1 fully saturated rings. The molecule has 1 rings (SSSR count). The number of ketones is 1. The second kappa shape index (κ2) is 15.8. The smallest absolute Gasteiger partial charge is 0.333 e. The molecule has 0 spiro atoms. The van der Waals surface area contributed by atoms with Crippen LogP contribution < -0.4 is 0 Å². The molecule has 1 aliphatic heterocycles. The summed E-state index contributed by atoms with van der Waals surface area (Å²) in [5.41, 5.74) is -0.348. The summed E-state index contributed by atoms with van der Waals surface area (Å²) in [7, 11) is 0. The molecule has 0 unspecified atom stereocenters. The van der Waals surface area contributed by atoms with Crippen molar-refractivity contribution in [1.29, 1.82) is 0 Å². The van der Waals surface area contributed by atoms with E-state index in [1.807, 2.05) is 20.8 Å². The number of nitrogens with zero attached hydrogens (tertiary/aromatic N) is 1. The Balaban J connectivity index is 2.32. The molecule has 0 bridgehead atoms. The second-order valence-corrected chi connectivity index (χ2v) is 7.65. The van der Waals surface area contributed by atoms with Gasteiger partial charge in [-0.25, -0.2) is 4.79 Å². The molecule has 1 heterocycles. The lowest BCUT2D eigenvalue weighted by Gasteiger charge is -2.32. The number of Topliss-reactive ketones (excluding diaryl/α,β-unsaturated/α-hetero) is 1. The number of rotatable bonds is 19. The first-order chi connectivity index (χ1) is 15.4. The third-order valence-electron chi connectivity index (χ3n) is 4.91. The lowest BCUT2D eigenvalue weighted by Crippen LogP contribution is -2.39. The summed E-state index contributed by atoms with van der Waals surface area (Å²) in [5, 5.41) is 0.506. The zero-order valence-electron chi connectivity index (χ0n) is 19.5. The maximum Gasteiger partial charge on any atom is 0.333 e. The van der Waals surface area contributed by atoms with Gasteiger partial charge in [-0.3, -0.25) is 14.4 Å². The van der Waals surface area contributed by atoms with Crippen molar-refractivity contribution >= 4 is 23.6 Å². The molecule has 2 amide bonds. The van der Waals surface area contributed by atoms with E-state index in [2.05, 4.69) is 0 Å². The standard InChI is InChI=1S/C22H37NO9/c1-4-28-15-22(16-29-5-2,17-30-6-3)12-13-31-14-18(24)8-7-9-21(27)32-23-19(25)10-11-20(23)26/h4-17H2,1-3H3. The van der Waals surface area contributed by atoms with Gasteiger partial charge in [0.15, 0.2) is 5.78 Å². The fraction of sp³-hybridized carbons (Fsp3) is 0.818. The number of ether oxygens (including phenoxy) is 4. The summed E-state index contributed by atoms with van der Waals surface area (Å²) in [4.78, 5) is 51.4. The maximum absolute atomic E-state index is 12.0. The highest BCUT2D eigenvalue weighted by atomic mass is 16.7. The molecule has 0 aromatic heterocycles. The van der Waals surface area contributed by atoms with Gasteiger partial charge in [0, 0.05) is 57.5 Å². The summed E-state index contributed by atoms with van der Waals surface area (Å²) >= 11 is 0. The Bertz CT molecular complexity index is 570. The summed E-state index contributed by atoms with van der Waals surface area (Å²) in [6, 6.07) is 0. The molecule has 0 N–H and O–H groups in total. The minimum atomic E-state index is -0.713. The molecule has 0 aliphatic carbocycles. The van der Waals surface area contributed by atoms with Gasteiger partial charge in [0.1, 0.15) is 6.61 Å². The first-order valence-corrected chi connectivity index (χ1v) is 11.3. The zero-order valence-corrected chi connectivity index (χ0v) is 19.5. The van der Waals surface area contributed by atoms with Crippen LogP contribution >= 0.6 is 0 Å². The minimum absolute atomic E-state index is 0.0446. The average molecular weight is 460 g/mol. The van der Waals surface area contributed by atoms with E-state index in [9.17, 15) is 19.2 Å². The van der Waals surface area contributed by atoms with Crippen molar-refractivity contribution < 1.29 is 43.0 Å². The van der Waals surface area contributed by atoms with Crippen molar-refractivity contribution in [1.82, 2.24) is 5.06 Å². The quantitative estimate of drug-likeness (QED) is 0.211. The van der Waals surface area contributed by atoms with Crippen molar-refractivity contribution in [2.75, 3.05) is 52.9 Å². The number of carbonyl (C=O) groups is 4. The normalized spacial score (nSPS) is 14.3. The van der Waals surface area contributed by atoms with Crippen LogP contribution in [0.3, 0.4) is 0 Å². The highest BCUT2D eigenvalue weighted by Gasteiger charge is 2.33. The Morgan fingerprint density at radius 2 is 1.38 bits per heavy atom. The highest BCUT2D eigenvalue weighted by Crippen LogP contribution is 2.25. The van der Waals surface area contributed by atoms with E-state index in [1.165, 1.54) is 0 Å². The van der Waals surface area contributed by atoms with Crippen LogP contribution in [0, 0.1) is 5.41 Å². The molecule has 32 heavy (non-hydrogen) atoms. The fourth-order valence-corrected chi connectivity index (χ4v) is 3.08. The van der Waals surface area contributed by atoms with Crippen LogP contribution in [0.5, 0.6) is 0 Å². The number of hydroxylamine groups is 2. The first-order valence-electron chi connectivity index (χ1n) is 11.3. The Kier molecular flexibility index (Phi) is 13.9. The van der Waals surface area contributed by atoms with Gasteiger partial charge in [0.2, 0.25) is 0 Å². The first kappa shape index (κ1) is 28.2. The van der Waals surface area contributed by atoms with E-state index in [-0.39, 0.29) is 49.9 Å². The number of amides is 2. The van der Waals surface area contributed by atoms with Crippen molar-refractivity contribution in [2.45, 2.75) is 59.3 Å². The summed E-state index contributed by atoms with van der Waals surface area (Å²) in [6.45, 7) is 9.26. The summed E-state index contributed by atoms with van der Waals surface area (Å²) in [6.07, 6.45) is 1.03. The van der Waals surface area contributed by atoms with E-state index < -0.39 is 17.8 Å². The van der Waals surface area contributed by atoms with Gasteiger partial charge in [0.05, 0.1) is 19.8 Å². The van der Waals surface area contributed by atoms with Crippen LogP contribution in [0.4, 0.5) is 0 Å². The lowest BCUT2D eigenvalue weighted by atomic mass is 9.87. The fourth-order valence-electron chi connectivity index (χ4n) is 3.08. The highest BCUT2D eigenvalue weighted by molar-refractivity contribution is 6.01. The molecule has 1 aliphatic rings. The topological polar surface area (TPSA) is 118 Å². The van der Waals surface area contributed by atoms with Crippen molar-refractivity contribution in [3.63, 3.8) is 0 Å². The Morgan fingerprint density at radius 3 is 1.88 bits per heavy atom. The van der Waals surface area contributed by atoms with Crippen molar-refractivity contribution in [3.8, 4) is 0 Å². The van der Waals surface area contributed by atoms with Gasteiger partial charge in [-0.2, -0.15) is 0 Å². The summed E-state index contributed by atoms with van der Waals surface area (Å²) < 4.78 is 22.5. The molecule has 184 valence electrons. The molecular weight excluding hydrogens is 422 g/mol. The number of hydrogen-bond acceptors (Lipinski definition) is 9. The van der Waals surface area contributed by atoms with Crippen LogP contribution in [0.15, 0.2) is 0 Å². The summed E-state index contributed by atoms with van der Waals surface area (Å²) in [5.74, 6) is -1.91. The maximum atomic E-state index is 12.0. The monoisotopic (exact) mass is 459 g/mol. The SMILES string of the molecule is CCOCC(CCOCC(=O)CCCC(=O)ON1C(=O)CCC1=O)(COCC)COCC. The third-order valence-corrected chi connectivity index (χ3v) is 4.91. The second-order valence-electron chi connectivity index (χ2n) is 7.65. The Morgan fingerprint density at radius 1 is 0.844 bits per heavy atom.